The van der Waals surface area contributed by atoms with Crippen LogP contribution in [0.25, 0.3) is 10.9 Å². The summed E-state index contributed by atoms with van der Waals surface area (Å²) in [5, 5.41) is 9.29. The van der Waals surface area contributed by atoms with Crippen molar-refractivity contribution < 1.29 is 0 Å². The molecule has 0 unspecified atom stereocenters. The number of rotatable bonds is 3. The zero-order valence-electron chi connectivity index (χ0n) is 12.1. The first-order chi connectivity index (χ1) is 9.63. The van der Waals surface area contributed by atoms with Crippen LogP contribution < -0.4 is 5.32 Å². The minimum atomic E-state index is 0.740. The van der Waals surface area contributed by atoms with Crippen molar-refractivity contribution in [3.63, 3.8) is 0 Å². The fourth-order valence-electron chi connectivity index (χ4n) is 2.68. The molecule has 0 aliphatic rings. The molecule has 0 aliphatic carbocycles. The smallest absolute Gasteiger partial charge is 0.0894 e. The minimum absolute atomic E-state index is 0.740. The van der Waals surface area contributed by atoms with E-state index >= 15 is 0 Å². The summed E-state index contributed by atoms with van der Waals surface area (Å²) in [7, 11) is 1.99. The average Bonchev–Trinajstić information content (AvgIpc) is 2.73. The number of para-hydroxylation sites is 1. The van der Waals surface area contributed by atoms with Gasteiger partial charge in [-0.2, -0.15) is 5.10 Å². The van der Waals surface area contributed by atoms with Crippen molar-refractivity contribution in [3.8, 4) is 0 Å². The van der Waals surface area contributed by atoms with E-state index in [2.05, 4.69) is 60.7 Å². The zero-order chi connectivity index (χ0) is 14.1. The summed E-state index contributed by atoms with van der Waals surface area (Å²) in [5.74, 6) is 0. The molecular formula is C17H19N3. The third kappa shape index (κ3) is 2.39. The Bertz CT molecular complexity index is 736. The van der Waals surface area contributed by atoms with Gasteiger partial charge in [0, 0.05) is 18.1 Å². The van der Waals surface area contributed by atoms with E-state index in [1.165, 1.54) is 22.0 Å². The predicted molar refractivity (Wildman–Crippen MR) is 84.0 cm³/mol. The number of anilines is 1. The van der Waals surface area contributed by atoms with Gasteiger partial charge in [0.15, 0.2) is 0 Å². The van der Waals surface area contributed by atoms with Crippen molar-refractivity contribution in [1.29, 1.82) is 0 Å². The van der Waals surface area contributed by atoms with Gasteiger partial charge in [0.2, 0.25) is 0 Å². The Hall–Kier alpha value is -2.29. The normalized spacial score (nSPS) is 10.9. The lowest BCUT2D eigenvalue weighted by atomic mass is 10.1. The standard InChI is InChI=1S/C17H19N3/c1-12-8-13(2)10-14(9-12)18-11-16-15-6-4-5-7-17(15)20(3)19-16/h4-10,18H,11H2,1-3H3. The molecule has 3 nitrogen and oxygen atoms in total. The largest absolute Gasteiger partial charge is 0.379 e. The highest BCUT2D eigenvalue weighted by molar-refractivity contribution is 5.82. The molecule has 0 amide bonds. The molecule has 0 radical (unpaired) electrons. The summed E-state index contributed by atoms with van der Waals surface area (Å²) in [4.78, 5) is 0. The number of nitrogens with one attached hydrogen (secondary N) is 1. The van der Waals surface area contributed by atoms with Crippen LogP contribution in [-0.4, -0.2) is 9.78 Å². The number of benzene rings is 2. The third-order valence-corrected chi connectivity index (χ3v) is 3.52. The van der Waals surface area contributed by atoms with Crippen LogP contribution in [0.4, 0.5) is 5.69 Å². The molecule has 2 aromatic carbocycles. The van der Waals surface area contributed by atoms with Crippen LogP contribution in [0.5, 0.6) is 0 Å². The van der Waals surface area contributed by atoms with Gasteiger partial charge in [-0.15, -0.1) is 0 Å². The molecule has 0 fully saturated rings. The number of hydrogen-bond donors (Lipinski definition) is 1. The lowest BCUT2D eigenvalue weighted by Crippen LogP contribution is -2.02. The molecule has 0 spiro atoms. The van der Waals surface area contributed by atoms with Gasteiger partial charge in [0.25, 0.3) is 0 Å². The van der Waals surface area contributed by atoms with E-state index in [0.29, 0.717) is 0 Å². The highest BCUT2D eigenvalue weighted by Crippen LogP contribution is 2.19. The van der Waals surface area contributed by atoms with Gasteiger partial charge >= 0.3 is 0 Å². The highest BCUT2D eigenvalue weighted by Gasteiger charge is 2.07. The molecule has 0 saturated heterocycles. The first-order valence-corrected chi connectivity index (χ1v) is 6.86. The molecule has 3 heteroatoms. The second-order valence-corrected chi connectivity index (χ2v) is 5.32. The Balaban J connectivity index is 1.87. The Morgan fingerprint density at radius 2 is 1.75 bits per heavy atom. The zero-order valence-corrected chi connectivity index (χ0v) is 12.1. The molecule has 1 N–H and O–H groups in total. The van der Waals surface area contributed by atoms with Crippen LogP contribution in [0.1, 0.15) is 16.8 Å². The number of hydrogen-bond acceptors (Lipinski definition) is 2. The van der Waals surface area contributed by atoms with E-state index in [1.54, 1.807) is 0 Å². The summed E-state index contributed by atoms with van der Waals surface area (Å²) in [6, 6.07) is 14.8. The van der Waals surface area contributed by atoms with Gasteiger partial charge in [0.1, 0.15) is 0 Å². The average molecular weight is 265 g/mol. The summed E-state index contributed by atoms with van der Waals surface area (Å²) in [6.07, 6.45) is 0. The van der Waals surface area contributed by atoms with Crippen molar-refractivity contribution in [1.82, 2.24) is 9.78 Å². The predicted octanol–water partition coefficient (Wildman–Crippen LogP) is 3.80. The summed E-state index contributed by atoms with van der Waals surface area (Å²) in [6.45, 7) is 4.98. The van der Waals surface area contributed by atoms with Crippen molar-refractivity contribution in [2.75, 3.05) is 5.32 Å². The van der Waals surface area contributed by atoms with Crippen LogP contribution in [0.2, 0.25) is 0 Å². The molecule has 0 atom stereocenters. The Morgan fingerprint density at radius 1 is 1.05 bits per heavy atom. The number of fused-ring (bicyclic) bond motifs is 1. The van der Waals surface area contributed by atoms with E-state index < -0.39 is 0 Å². The summed E-state index contributed by atoms with van der Waals surface area (Å²) in [5.41, 5.74) is 5.96. The number of nitrogens with zero attached hydrogens (tertiary/aromatic N) is 2. The van der Waals surface area contributed by atoms with Gasteiger partial charge in [-0.05, 0) is 43.2 Å². The molecule has 102 valence electrons. The third-order valence-electron chi connectivity index (χ3n) is 3.52. The van der Waals surface area contributed by atoms with Crippen molar-refractivity contribution in [3.05, 3.63) is 59.3 Å². The van der Waals surface area contributed by atoms with E-state index in [4.69, 9.17) is 0 Å². The fraction of sp³-hybridized carbons (Fsp3) is 0.235. The lowest BCUT2D eigenvalue weighted by molar-refractivity contribution is 0.771. The second kappa shape index (κ2) is 5.00. The highest BCUT2D eigenvalue weighted by atomic mass is 15.3. The monoisotopic (exact) mass is 265 g/mol. The first-order valence-electron chi connectivity index (χ1n) is 6.86. The molecule has 0 aliphatic heterocycles. The van der Waals surface area contributed by atoms with Crippen LogP contribution in [0.15, 0.2) is 42.5 Å². The first kappa shape index (κ1) is 12.7. The van der Waals surface area contributed by atoms with Crippen LogP contribution in [0.3, 0.4) is 0 Å². The summed E-state index contributed by atoms with van der Waals surface area (Å²) < 4.78 is 1.94. The van der Waals surface area contributed by atoms with E-state index in [1.807, 2.05) is 17.8 Å². The van der Waals surface area contributed by atoms with Gasteiger partial charge in [-0.1, -0.05) is 24.3 Å². The van der Waals surface area contributed by atoms with Crippen molar-refractivity contribution in [2.24, 2.45) is 7.05 Å². The molecular weight excluding hydrogens is 246 g/mol. The maximum atomic E-state index is 4.60. The van der Waals surface area contributed by atoms with Gasteiger partial charge in [0.05, 0.1) is 17.8 Å². The molecule has 0 saturated carbocycles. The molecule has 20 heavy (non-hydrogen) atoms. The lowest BCUT2D eigenvalue weighted by Gasteiger charge is -2.07. The van der Waals surface area contributed by atoms with Gasteiger partial charge in [-0.3, -0.25) is 4.68 Å². The maximum absolute atomic E-state index is 4.60. The van der Waals surface area contributed by atoms with Crippen LogP contribution in [0, 0.1) is 13.8 Å². The Kier molecular flexibility index (Phi) is 3.18. The molecule has 3 aromatic rings. The van der Waals surface area contributed by atoms with Crippen LogP contribution in [-0.2, 0) is 13.6 Å². The molecule has 1 aromatic heterocycles. The van der Waals surface area contributed by atoms with Gasteiger partial charge in [-0.25, -0.2) is 0 Å². The quantitative estimate of drug-likeness (QED) is 0.780. The number of aryl methyl sites for hydroxylation is 3. The topological polar surface area (TPSA) is 29.9 Å². The van der Waals surface area contributed by atoms with Crippen LogP contribution >= 0.6 is 0 Å². The molecule has 0 bridgehead atoms. The van der Waals surface area contributed by atoms with E-state index in [9.17, 15) is 0 Å². The van der Waals surface area contributed by atoms with E-state index in [-0.39, 0.29) is 0 Å². The fourth-order valence-corrected chi connectivity index (χ4v) is 2.68. The Morgan fingerprint density at radius 3 is 2.50 bits per heavy atom. The molecule has 1 heterocycles. The number of aromatic nitrogens is 2. The van der Waals surface area contributed by atoms with Crippen molar-refractivity contribution >= 4 is 16.6 Å². The van der Waals surface area contributed by atoms with Crippen molar-refractivity contribution in [2.45, 2.75) is 20.4 Å². The maximum Gasteiger partial charge on any atom is 0.0894 e. The summed E-state index contributed by atoms with van der Waals surface area (Å²) >= 11 is 0. The Labute approximate surface area is 119 Å². The van der Waals surface area contributed by atoms with Gasteiger partial charge < -0.3 is 5.32 Å². The molecule has 3 rings (SSSR count). The second-order valence-electron chi connectivity index (χ2n) is 5.32. The van der Waals surface area contributed by atoms with E-state index in [0.717, 1.165) is 17.9 Å². The minimum Gasteiger partial charge on any atom is -0.379 e. The SMILES string of the molecule is Cc1cc(C)cc(NCc2nn(C)c3ccccc23)c1.